The van der Waals surface area contributed by atoms with Crippen LogP contribution in [-0.4, -0.2) is 169 Å². The molecule has 26 heteroatoms. The molecule has 0 spiro atoms. The van der Waals surface area contributed by atoms with E-state index in [1.807, 2.05) is 64.1 Å². The second-order valence-electron chi connectivity index (χ2n) is 26.3. The number of amides is 8. The van der Waals surface area contributed by atoms with E-state index in [1.165, 1.54) is 21.6 Å². The number of hydrogen-bond donors (Lipinski definition) is 6. The number of β-amino-alcohol motifs (C(OH)–C–C–N with tert-alkyl or cyclic N) is 1. The fourth-order valence-electron chi connectivity index (χ4n) is 12.7. The largest absolute Gasteiger partial charge is 0.490 e. The number of likely N-dealkylation sites (tertiary alicyclic amines) is 1. The smallest absolute Gasteiger partial charge is 0.408 e. The number of aliphatic hydroxyl groups is 1. The van der Waals surface area contributed by atoms with Gasteiger partial charge in [-0.1, -0.05) is 73.5 Å². The number of unbranched alkanes of at least 4 members (excludes halogenated alkanes) is 2. The lowest BCUT2D eigenvalue weighted by molar-refractivity contribution is -0.145. The van der Waals surface area contributed by atoms with E-state index in [0.29, 0.717) is 68.0 Å². The molecule has 8 atom stereocenters. The summed E-state index contributed by atoms with van der Waals surface area (Å²) in [6.45, 7) is 15.3. The number of ether oxygens (including phenoxy) is 3. The highest BCUT2D eigenvalue weighted by Crippen LogP contribution is 2.45. The second kappa shape index (κ2) is 28.9. The van der Waals surface area contributed by atoms with Crippen LogP contribution in [0.1, 0.15) is 170 Å². The number of hydrogen-bond acceptors (Lipinski definition) is 16. The Balaban J connectivity index is 0.796. The fraction of sp³-hybridized carbons (Fsp3) is 0.609. The molecule has 24 nitrogen and oxygen atoms in total. The highest BCUT2D eigenvalue weighted by molar-refractivity contribution is 7.15. The fourth-order valence-corrected chi connectivity index (χ4v) is 13.9. The number of nitrogens with one attached hydrogen (secondary N) is 4. The Bertz CT molecular complexity index is 3290. The number of alkyl carbamates (subject to hydrolysis) is 1. The average molecular weight is 1280 g/mol. The van der Waals surface area contributed by atoms with E-state index in [-0.39, 0.29) is 88.3 Å². The van der Waals surface area contributed by atoms with Crippen molar-refractivity contribution in [3.63, 3.8) is 0 Å². The number of benzene rings is 2. The van der Waals surface area contributed by atoms with Crippen molar-refractivity contribution in [1.29, 1.82) is 0 Å². The Morgan fingerprint density at radius 2 is 1.69 bits per heavy atom. The minimum Gasteiger partial charge on any atom is -0.490 e. The third-order valence-corrected chi connectivity index (χ3v) is 19.0. The van der Waals surface area contributed by atoms with Crippen molar-refractivity contribution < 1.29 is 57.7 Å². The zero-order valence-electron chi connectivity index (χ0n) is 52.8. The molecule has 4 fully saturated rings. The Morgan fingerprint density at radius 1 is 0.944 bits per heavy atom. The number of aryl methyl sites for hydroxylation is 3. The Labute approximate surface area is 534 Å². The number of rotatable bonds is 23. The van der Waals surface area contributed by atoms with Gasteiger partial charge in [-0.15, -0.1) is 16.4 Å². The Hall–Kier alpha value is -7.22. The summed E-state index contributed by atoms with van der Waals surface area (Å²) in [4.78, 5) is 119. The summed E-state index contributed by atoms with van der Waals surface area (Å²) in [5.74, 6) is -2.29. The van der Waals surface area contributed by atoms with E-state index >= 15 is 0 Å². The van der Waals surface area contributed by atoms with Gasteiger partial charge in [-0.05, 0) is 115 Å². The maximum atomic E-state index is 14.9. The molecule has 4 aliphatic heterocycles. The lowest BCUT2D eigenvalue weighted by Gasteiger charge is -2.38. The van der Waals surface area contributed by atoms with E-state index in [4.69, 9.17) is 31.5 Å². The highest BCUT2D eigenvalue weighted by Gasteiger charge is 2.50. The molecule has 2 aromatic heterocycles. The maximum Gasteiger partial charge on any atom is 0.408 e. The molecule has 4 aromatic rings. The third kappa shape index (κ3) is 16.6. The second-order valence-corrected chi connectivity index (χ2v) is 27.9. The van der Waals surface area contributed by atoms with Crippen molar-refractivity contribution >= 4 is 70.4 Å². The average Bonchev–Trinajstić information content (AvgIpc) is 1.62. The van der Waals surface area contributed by atoms with Gasteiger partial charge in [0, 0.05) is 56.8 Å². The van der Waals surface area contributed by atoms with Gasteiger partial charge in [0.2, 0.25) is 41.4 Å². The van der Waals surface area contributed by atoms with Crippen LogP contribution in [0.5, 0.6) is 5.75 Å². The minimum absolute atomic E-state index is 0.0135. The van der Waals surface area contributed by atoms with Crippen LogP contribution in [0.3, 0.4) is 0 Å². The number of thiazole rings is 1. The number of halogens is 1. The van der Waals surface area contributed by atoms with Crippen molar-refractivity contribution in [2.24, 2.45) is 11.1 Å². The van der Waals surface area contributed by atoms with Crippen LogP contribution in [0.25, 0.3) is 10.4 Å². The first-order valence-electron chi connectivity index (χ1n) is 31.4. The van der Waals surface area contributed by atoms with E-state index in [9.17, 15) is 43.5 Å². The van der Waals surface area contributed by atoms with Crippen molar-refractivity contribution in [3.8, 4) is 16.2 Å². The molecule has 7 N–H and O–H groups in total. The van der Waals surface area contributed by atoms with Gasteiger partial charge in [0.25, 0.3) is 0 Å². The molecule has 1 saturated carbocycles. The quantitative estimate of drug-likeness (QED) is 0.0463. The monoisotopic (exact) mass is 1280 g/mol. The van der Waals surface area contributed by atoms with Crippen LogP contribution in [0.15, 0.2) is 42.5 Å². The Kier molecular flexibility index (Phi) is 21.6. The van der Waals surface area contributed by atoms with E-state index in [2.05, 4.69) is 36.6 Å². The summed E-state index contributed by atoms with van der Waals surface area (Å²) >= 11 is 8.54. The topological polar surface area (TPSA) is 312 Å². The van der Waals surface area contributed by atoms with Crippen molar-refractivity contribution in [2.45, 2.75) is 205 Å². The van der Waals surface area contributed by atoms with Gasteiger partial charge in [0.1, 0.15) is 42.1 Å². The molecule has 0 unspecified atom stereocenters. The predicted molar refractivity (Wildman–Crippen MR) is 335 cm³/mol. The first-order valence-corrected chi connectivity index (χ1v) is 32.6. The van der Waals surface area contributed by atoms with Crippen LogP contribution in [0.4, 0.5) is 4.79 Å². The number of carbonyl (C=O) groups excluding carboxylic acids is 8. The SMILES string of the molecule is CC(=O)N1CC[C@H]2CC[C@@H](C(=O)N[C@@H](CCC(N)=O)COc3cccc(CCCCCNC(=O)C[C@H](NC(=O)[C@@H]4C[C@@H](O)CN4C(=O)[C@H]4n5nnc(C6CC6)c5COCC4(C)C)c4ccc(-c5sc(C)nc5C)cc4)c3Cl)N2C(=O)[C@@H](NC(=O)OC(C)(C)C)C1. The molecule has 3 saturated heterocycles. The normalized spacial score (nSPS) is 22.2. The predicted octanol–water partition coefficient (Wildman–Crippen LogP) is 6.02. The van der Waals surface area contributed by atoms with Crippen molar-refractivity contribution in [3.05, 3.63) is 80.7 Å². The van der Waals surface area contributed by atoms with Crippen molar-refractivity contribution in [2.75, 3.05) is 39.4 Å². The maximum absolute atomic E-state index is 14.9. The molecule has 0 radical (unpaired) electrons. The van der Waals surface area contributed by atoms with Crippen LogP contribution in [-0.2, 0) is 56.1 Å². The number of carbonyl (C=O) groups is 8. The third-order valence-electron chi connectivity index (χ3n) is 17.4. The number of nitrogens with zero attached hydrogens (tertiary/aromatic N) is 7. The first kappa shape index (κ1) is 67.2. The van der Waals surface area contributed by atoms with Gasteiger partial charge in [-0.2, -0.15) is 0 Å². The van der Waals surface area contributed by atoms with Crippen LogP contribution in [0.2, 0.25) is 5.02 Å². The molecule has 9 rings (SSSR count). The molecule has 8 amide bonds. The summed E-state index contributed by atoms with van der Waals surface area (Å²) in [7, 11) is 0. The van der Waals surface area contributed by atoms with Crippen LogP contribution >= 0.6 is 22.9 Å². The van der Waals surface area contributed by atoms with Crippen molar-refractivity contribution in [1.82, 2.24) is 55.9 Å². The molecule has 0 bridgehead atoms. The van der Waals surface area contributed by atoms with Gasteiger partial charge < -0.3 is 61.0 Å². The van der Waals surface area contributed by atoms with Gasteiger partial charge in [0.05, 0.1) is 76.4 Å². The van der Waals surface area contributed by atoms with E-state index in [1.54, 1.807) is 42.9 Å². The summed E-state index contributed by atoms with van der Waals surface area (Å²) in [6.07, 6.45) is 4.13. The molecule has 90 heavy (non-hydrogen) atoms. The lowest BCUT2D eigenvalue weighted by Crippen LogP contribution is -2.61. The summed E-state index contributed by atoms with van der Waals surface area (Å²) < 4.78 is 19.4. The highest BCUT2D eigenvalue weighted by atomic mass is 35.5. The van der Waals surface area contributed by atoms with Crippen LogP contribution < -0.4 is 31.7 Å². The number of nitrogens with two attached hydrogens (primary N) is 1. The van der Waals surface area contributed by atoms with Crippen LogP contribution in [0, 0.1) is 19.3 Å². The summed E-state index contributed by atoms with van der Waals surface area (Å²) in [5.41, 5.74) is 8.94. The van der Waals surface area contributed by atoms with Gasteiger partial charge >= 0.3 is 6.09 Å². The Morgan fingerprint density at radius 3 is 2.38 bits per heavy atom. The van der Waals surface area contributed by atoms with Gasteiger partial charge in [-0.25, -0.2) is 14.5 Å². The zero-order chi connectivity index (χ0) is 64.8. The molecular weight excluding hydrogens is 1200 g/mol. The molecular formula is C64H87ClN12O12S. The summed E-state index contributed by atoms with van der Waals surface area (Å²) in [6, 6.07) is 7.28. The number of fused-ring (bicyclic) bond motifs is 2. The molecule has 5 aliphatic rings. The zero-order valence-corrected chi connectivity index (χ0v) is 54.4. The molecule has 6 heterocycles. The van der Waals surface area contributed by atoms with Gasteiger partial charge in [0.15, 0.2) is 0 Å². The molecule has 488 valence electrons. The summed E-state index contributed by atoms with van der Waals surface area (Å²) in [5, 5.41) is 33.2. The lowest BCUT2D eigenvalue weighted by atomic mass is 9.84. The standard InChI is InChI=1S/C64H87ClN12O12S/c1-36-56(90-37(2)68-36)42-20-16-39(17-21-42)46(70-59(83)49-29-45(79)31-75(49)61(85)57-64(7,8)35-87-34-50-55(41-18-19-41)72-73-77(50)57)30-53(81)67-27-11-9-10-13-40-14-12-15-51(54(40)65)88-33-43(22-25-52(66)80)69-58(82)48-24-23-44-26-28-74(38(3)78)32-47(60(84)76(44)48)71-62(86)89-63(4,5)6/h12,14-17,20-21,41,43-49,57,79H,9-11,13,18-19,22-35H2,1-8H3,(H2,66,80)(H,67,81)(H,69,82)(H,70,83)(H,71,86)/t43-,44+,45+,46-,47-,48-,49-,57+/m0/s1. The van der Waals surface area contributed by atoms with E-state index < -0.39 is 83.1 Å². The first-order chi connectivity index (χ1) is 42.7. The number of aliphatic hydroxyl groups excluding tert-OH is 1. The molecule has 1 aliphatic carbocycles. The van der Waals surface area contributed by atoms with Gasteiger partial charge in [-0.3, -0.25) is 33.6 Å². The minimum atomic E-state index is -1.17. The number of primary amides is 1. The molecule has 2 aromatic carbocycles. The van der Waals surface area contributed by atoms with E-state index in [0.717, 1.165) is 57.4 Å². The number of aromatic nitrogens is 4.